The highest BCUT2D eigenvalue weighted by Crippen LogP contribution is 2.20. The van der Waals surface area contributed by atoms with Crippen LogP contribution in [0.2, 0.25) is 0 Å². The van der Waals surface area contributed by atoms with Gasteiger partial charge in [0, 0.05) is 12.1 Å². The molecule has 0 unspecified atom stereocenters. The van der Waals surface area contributed by atoms with E-state index in [-0.39, 0.29) is 24.0 Å². The Morgan fingerprint density at radius 1 is 1.33 bits per heavy atom. The van der Waals surface area contributed by atoms with Crippen LogP contribution in [0, 0.1) is 6.92 Å². The van der Waals surface area contributed by atoms with Gasteiger partial charge in [-0.25, -0.2) is 0 Å². The number of ether oxygens (including phenoxy) is 1. The molecule has 1 aromatic carbocycles. The molecule has 0 heterocycles. The molecule has 0 amide bonds. The SMILES string of the molecule is CCN(C)Cc1cc(C)ccc1OC.[I-]. The minimum absolute atomic E-state index is 0. The van der Waals surface area contributed by atoms with E-state index >= 15 is 0 Å². The van der Waals surface area contributed by atoms with Crippen LogP contribution in [0.5, 0.6) is 5.75 Å². The Morgan fingerprint density at radius 2 is 2.00 bits per heavy atom. The Labute approximate surface area is 110 Å². The fraction of sp³-hybridized carbons (Fsp3) is 0.500. The Morgan fingerprint density at radius 3 is 2.53 bits per heavy atom. The average molecular weight is 320 g/mol. The summed E-state index contributed by atoms with van der Waals surface area (Å²) in [5, 5.41) is 0. The first kappa shape index (κ1) is 14.7. The summed E-state index contributed by atoms with van der Waals surface area (Å²) in [6, 6.07) is 6.30. The zero-order valence-corrected chi connectivity index (χ0v) is 12.0. The predicted molar refractivity (Wildman–Crippen MR) is 59.7 cm³/mol. The quantitative estimate of drug-likeness (QED) is 0.691. The van der Waals surface area contributed by atoms with Crippen molar-refractivity contribution in [2.45, 2.75) is 20.4 Å². The molecule has 0 aliphatic carbocycles. The lowest BCUT2D eigenvalue weighted by atomic mass is 10.1. The first-order valence-corrected chi connectivity index (χ1v) is 4.99. The lowest BCUT2D eigenvalue weighted by Gasteiger charge is -2.16. The maximum atomic E-state index is 5.32. The fourth-order valence-electron chi connectivity index (χ4n) is 1.43. The standard InChI is InChI=1S/C12H19NO.HI/c1-5-13(3)9-11-8-10(2)6-7-12(11)14-4;/h6-8H,5,9H2,1-4H3;1H/p-1. The molecule has 0 fully saturated rings. The number of halogens is 1. The van der Waals surface area contributed by atoms with E-state index in [1.807, 2.05) is 6.07 Å². The van der Waals surface area contributed by atoms with Crippen LogP contribution in [0.1, 0.15) is 18.1 Å². The molecular formula is C12H19INO-. The molecule has 0 atom stereocenters. The molecule has 0 saturated carbocycles. The van der Waals surface area contributed by atoms with Gasteiger partial charge < -0.3 is 33.6 Å². The molecule has 0 saturated heterocycles. The Kier molecular flexibility index (Phi) is 6.92. The van der Waals surface area contributed by atoms with Gasteiger partial charge in [0.2, 0.25) is 0 Å². The molecule has 86 valence electrons. The Bertz CT molecular complexity index is 302. The summed E-state index contributed by atoms with van der Waals surface area (Å²) >= 11 is 0. The number of nitrogens with zero attached hydrogens (tertiary/aromatic N) is 1. The van der Waals surface area contributed by atoms with Gasteiger partial charge in [0.25, 0.3) is 0 Å². The second-order valence-electron chi connectivity index (χ2n) is 3.65. The van der Waals surface area contributed by atoms with E-state index in [1.54, 1.807) is 7.11 Å². The first-order chi connectivity index (χ1) is 6.67. The summed E-state index contributed by atoms with van der Waals surface area (Å²) in [6.07, 6.45) is 0. The third-order valence-corrected chi connectivity index (χ3v) is 2.42. The number of rotatable bonds is 4. The van der Waals surface area contributed by atoms with Crippen LogP contribution in [-0.2, 0) is 6.54 Å². The van der Waals surface area contributed by atoms with E-state index in [0.29, 0.717) is 0 Å². The van der Waals surface area contributed by atoms with E-state index in [9.17, 15) is 0 Å². The molecule has 0 N–H and O–H groups in total. The van der Waals surface area contributed by atoms with Crippen molar-refractivity contribution in [2.24, 2.45) is 0 Å². The molecule has 0 aliphatic heterocycles. The summed E-state index contributed by atoms with van der Waals surface area (Å²) in [5.74, 6) is 0.982. The molecule has 1 aromatic rings. The smallest absolute Gasteiger partial charge is 0.123 e. The van der Waals surface area contributed by atoms with Crippen molar-refractivity contribution in [3.05, 3.63) is 29.3 Å². The van der Waals surface area contributed by atoms with Gasteiger partial charge in [0.1, 0.15) is 5.75 Å². The number of hydrogen-bond donors (Lipinski definition) is 0. The van der Waals surface area contributed by atoms with Crippen molar-refractivity contribution in [1.82, 2.24) is 4.90 Å². The van der Waals surface area contributed by atoms with E-state index < -0.39 is 0 Å². The van der Waals surface area contributed by atoms with Crippen LogP contribution in [-0.4, -0.2) is 25.6 Å². The predicted octanol–water partition coefficient (Wildman–Crippen LogP) is -0.541. The Hall–Kier alpha value is -0.290. The fourth-order valence-corrected chi connectivity index (χ4v) is 1.43. The van der Waals surface area contributed by atoms with Crippen molar-refractivity contribution in [1.29, 1.82) is 0 Å². The second kappa shape index (κ2) is 7.06. The minimum atomic E-state index is 0. The molecular weight excluding hydrogens is 301 g/mol. The lowest BCUT2D eigenvalue weighted by Crippen LogP contribution is -3.00. The maximum absolute atomic E-state index is 5.32. The van der Waals surface area contributed by atoms with Gasteiger partial charge in [-0.05, 0) is 26.6 Å². The third kappa shape index (κ3) is 4.38. The van der Waals surface area contributed by atoms with Crippen molar-refractivity contribution in [2.75, 3.05) is 20.7 Å². The highest BCUT2D eigenvalue weighted by atomic mass is 127. The minimum Gasteiger partial charge on any atom is -1.00 e. The van der Waals surface area contributed by atoms with Crippen LogP contribution < -0.4 is 28.7 Å². The largest absolute Gasteiger partial charge is 1.00 e. The van der Waals surface area contributed by atoms with Crippen LogP contribution in [0.3, 0.4) is 0 Å². The van der Waals surface area contributed by atoms with Crippen molar-refractivity contribution < 1.29 is 28.7 Å². The van der Waals surface area contributed by atoms with E-state index in [4.69, 9.17) is 4.74 Å². The second-order valence-corrected chi connectivity index (χ2v) is 3.65. The monoisotopic (exact) mass is 320 g/mol. The van der Waals surface area contributed by atoms with Crippen molar-refractivity contribution >= 4 is 0 Å². The zero-order chi connectivity index (χ0) is 10.6. The molecule has 3 heteroatoms. The van der Waals surface area contributed by atoms with Gasteiger partial charge in [0.15, 0.2) is 0 Å². The van der Waals surface area contributed by atoms with Crippen LogP contribution in [0.25, 0.3) is 0 Å². The summed E-state index contributed by atoms with van der Waals surface area (Å²) in [4.78, 5) is 2.26. The molecule has 0 radical (unpaired) electrons. The van der Waals surface area contributed by atoms with Gasteiger partial charge in [-0.15, -0.1) is 0 Å². The van der Waals surface area contributed by atoms with E-state index in [1.165, 1.54) is 11.1 Å². The van der Waals surface area contributed by atoms with Gasteiger partial charge >= 0.3 is 0 Å². The van der Waals surface area contributed by atoms with Crippen molar-refractivity contribution in [3.63, 3.8) is 0 Å². The van der Waals surface area contributed by atoms with Crippen LogP contribution >= 0.6 is 0 Å². The summed E-state index contributed by atoms with van der Waals surface area (Å²) in [6.45, 7) is 6.26. The van der Waals surface area contributed by atoms with Crippen molar-refractivity contribution in [3.8, 4) is 5.75 Å². The number of methoxy groups -OCH3 is 1. The normalized spacial score (nSPS) is 9.93. The topological polar surface area (TPSA) is 12.5 Å². The van der Waals surface area contributed by atoms with Gasteiger partial charge in [-0.2, -0.15) is 0 Å². The number of aryl methyl sites for hydroxylation is 1. The number of hydrogen-bond acceptors (Lipinski definition) is 2. The highest BCUT2D eigenvalue weighted by molar-refractivity contribution is 5.36. The van der Waals surface area contributed by atoms with Crippen LogP contribution in [0.15, 0.2) is 18.2 Å². The molecule has 0 spiro atoms. The molecule has 2 nitrogen and oxygen atoms in total. The summed E-state index contributed by atoms with van der Waals surface area (Å²) < 4.78 is 5.32. The van der Waals surface area contributed by atoms with Crippen LogP contribution in [0.4, 0.5) is 0 Å². The molecule has 15 heavy (non-hydrogen) atoms. The zero-order valence-electron chi connectivity index (χ0n) is 9.88. The number of benzene rings is 1. The first-order valence-electron chi connectivity index (χ1n) is 4.99. The molecule has 0 bridgehead atoms. The lowest BCUT2D eigenvalue weighted by molar-refractivity contribution is -0.00000341. The molecule has 0 aromatic heterocycles. The maximum Gasteiger partial charge on any atom is 0.123 e. The van der Waals surface area contributed by atoms with Gasteiger partial charge in [-0.3, -0.25) is 0 Å². The highest BCUT2D eigenvalue weighted by Gasteiger charge is 2.04. The summed E-state index contributed by atoms with van der Waals surface area (Å²) in [7, 11) is 3.84. The summed E-state index contributed by atoms with van der Waals surface area (Å²) in [5.41, 5.74) is 2.54. The van der Waals surface area contributed by atoms with E-state index in [2.05, 4.69) is 37.9 Å². The Balaban J connectivity index is 0.00000196. The molecule has 0 aliphatic rings. The van der Waals surface area contributed by atoms with Gasteiger partial charge in [0.05, 0.1) is 7.11 Å². The van der Waals surface area contributed by atoms with E-state index in [0.717, 1.165) is 18.8 Å². The van der Waals surface area contributed by atoms with Gasteiger partial charge in [-0.1, -0.05) is 24.6 Å². The average Bonchev–Trinajstić information content (AvgIpc) is 2.18. The molecule has 1 rings (SSSR count). The third-order valence-electron chi connectivity index (χ3n) is 2.42.